The monoisotopic (exact) mass is 223 g/mol. The summed E-state index contributed by atoms with van der Waals surface area (Å²) in [6.45, 7) is 2.79. The number of benzene rings is 1. The number of halogens is 3. The van der Waals surface area contributed by atoms with Crippen molar-refractivity contribution in [2.75, 3.05) is 11.9 Å². The van der Waals surface area contributed by atoms with Gasteiger partial charge in [-0.2, -0.15) is 0 Å². The Balaban J connectivity index is 3.05. The zero-order valence-corrected chi connectivity index (χ0v) is 8.76. The highest BCUT2D eigenvalue weighted by Gasteiger charge is 2.03. The molecule has 66 valence electrons. The SMILES string of the molecule is CCNc1cc(Cl)c(Cl)cc1Cl. The number of anilines is 1. The highest BCUT2D eigenvalue weighted by molar-refractivity contribution is 6.44. The van der Waals surface area contributed by atoms with Gasteiger partial charge in [-0.1, -0.05) is 34.8 Å². The Morgan fingerprint density at radius 3 is 2.25 bits per heavy atom. The molecular formula is C8H8Cl3N. The lowest BCUT2D eigenvalue weighted by atomic mass is 10.3. The number of nitrogens with one attached hydrogen (secondary N) is 1. The van der Waals surface area contributed by atoms with Crippen LogP contribution in [0.3, 0.4) is 0 Å². The Hall–Kier alpha value is -0.110. The van der Waals surface area contributed by atoms with Gasteiger partial charge in [0.15, 0.2) is 0 Å². The molecule has 1 N–H and O–H groups in total. The maximum absolute atomic E-state index is 5.87. The topological polar surface area (TPSA) is 12.0 Å². The van der Waals surface area contributed by atoms with Gasteiger partial charge in [-0.05, 0) is 19.1 Å². The van der Waals surface area contributed by atoms with Crippen LogP contribution in [0.1, 0.15) is 6.92 Å². The Morgan fingerprint density at radius 2 is 1.67 bits per heavy atom. The quantitative estimate of drug-likeness (QED) is 0.747. The molecule has 1 aromatic carbocycles. The van der Waals surface area contributed by atoms with Crippen molar-refractivity contribution in [2.24, 2.45) is 0 Å². The predicted molar refractivity (Wildman–Crippen MR) is 55.6 cm³/mol. The molecule has 0 unspecified atom stereocenters. The minimum Gasteiger partial charge on any atom is -0.384 e. The first-order chi connectivity index (χ1) is 5.65. The summed E-state index contributed by atoms with van der Waals surface area (Å²) >= 11 is 17.4. The van der Waals surface area contributed by atoms with E-state index >= 15 is 0 Å². The summed E-state index contributed by atoms with van der Waals surface area (Å²) in [5, 5.41) is 4.64. The first kappa shape index (κ1) is 9.97. The lowest BCUT2D eigenvalue weighted by Gasteiger charge is -2.06. The van der Waals surface area contributed by atoms with Gasteiger partial charge in [0.1, 0.15) is 0 Å². The van der Waals surface area contributed by atoms with Crippen LogP contribution in [-0.4, -0.2) is 6.54 Å². The van der Waals surface area contributed by atoms with E-state index in [2.05, 4.69) is 5.32 Å². The molecule has 0 aliphatic heterocycles. The van der Waals surface area contributed by atoms with E-state index in [1.54, 1.807) is 12.1 Å². The normalized spacial score (nSPS) is 10.0. The summed E-state index contributed by atoms with van der Waals surface area (Å²) in [5.74, 6) is 0. The zero-order valence-electron chi connectivity index (χ0n) is 6.50. The third kappa shape index (κ3) is 2.19. The third-order valence-electron chi connectivity index (χ3n) is 1.38. The first-order valence-electron chi connectivity index (χ1n) is 3.53. The molecule has 4 heteroatoms. The molecule has 0 spiro atoms. The average molecular weight is 225 g/mol. The van der Waals surface area contributed by atoms with E-state index in [4.69, 9.17) is 34.8 Å². The average Bonchev–Trinajstić information content (AvgIpc) is 2.01. The molecule has 0 saturated carbocycles. The van der Waals surface area contributed by atoms with Gasteiger partial charge >= 0.3 is 0 Å². The van der Waals surface area contributed by atoms with Gasteiger partial charge in [-0.3, -0.25) is 0 Å². The van der Waals surface area contributed by atoms with Crippen LogP contribution in [0.25, 0.3) is 0 Å². The van der Waals surface area contributed by atoms with Gasteiger partial charge in [-0.25, -0.2) is 0 Å². The number of hydrogen-bond acceptors (Lipinski definition) is 1. The van der Waals surface area contributed by atoms with Crippen LogP contribution in [0.15, 0.2) is 12.1 Å². The van der Waals surface area contributed by atoms with E-state index in [0.717, 1.165) is 12.2 Å². The summed E-state index contributed by atoms with van der Waals surface area (Å²) in [6, 6.07) is 3.35. The predicted octanol–water partition coefficient (Wildman–Crippen LogP) is 4.08. The number of rotatable bonds is 2. The van der Waals surface area contributed by atoms with Crippen molar-refractivity contribution < 1.29 is 0 Å². The van der Waals surface area contributed by atoms with E-state index in [1.807, 2.05) is 6.92 Å². The van der Waals surface area contributed by atoms with E-state index in [1.165, 1.54) is 0 Å². The fourth-order valence-electron chi connectivity index (χ4n) is 0.848. The van der Waals surface area contributed by atoms with Crippen LogP contribution in [0.5, 0.6) is 0 Å². The second-order valence-corrected chi connectivity index (χ2v) is 3.50. The molecule has 0 aliphatic carbocycles. The van der Waals surface area contributed by atoms with Crippen molar-refractivity contribution in [1.29, 1.82) is 0 Å². The van der Waals surface area contributed by atoms with Crippen LogP contribution >= 0.6 is 34.8 Å². The summed E-state index contributed by atoms with van der Waals surface area (Å²) in [5.41, 5.74) is 0.813. The molecular weight excluding hydrogens is 216 g/mol. The molecule has 0 atom stereocenters. The van der Waals surface area contributed by atoms with Gasteiger partial charge in [0.2, 0.25) is 0 Å². The zero-order chi connectivity index (χ0) is 9.14. The molecule has 0 amide bonds. The molecule has 12 heavy (non-hydrogen) atoms. The van der Waals surface area contributed by atoms with Crippen LogP contribution < -0.4 is 5.32 Å². The Kier molecular flexibility index (Phi) is 3.51. The lowest BCUT2D eigenvalue weighted by Crippen LogP contribution is -1.96. The van der Waals surface area contributed by atoms with Crippen LogP contribution in [0, 0.1) is 0 Å². The van der Waals surface area contributed by atoms with Crippen LogP contribution in [-0.2, 0) is 0 Å². The summed E-state index contributed by atoms with van der Waals surface area (Å²) in [6.07, 6.45) is 0. The van der Waals surface area contributed by atoms with Gasteiger partial charge < -0.3 is 5.32 Å². The number of hydrogen-bond donors (Lipinski definition) is 1. The Bertz CT molecular complexity index is 286. The molecule has 0 saturated heterocycles. The lowest BCUT2D eigenvalue weighted by molar-refractivity contribution is 1.21. The molecule has 1 rings (SSSR count). The highest BCUT2D eigenvalue weighted by Crippen LogP contribution is 2.31. The molecule has 0 aromatic heterocycles. The second-order valence-electron chi connectivity index (χ2n) is 2.28. The van der Waals surface area contributed by atoms with Crippen LogP contribution in [0.2, 0.25) is 15.1 Å². The second kappa shape index (κ2) is 4.22. The molecule has 1 nitrogen and oxygen atoms in total. The largest absolute Gasteiger partial charge is 0.384 e. The highest BCUT2D eigenvalue weighted by atomic mass is 35.5. The molecule has 0 bridgehead atoms. The molecule has 0 heterocycles. The summed E-state index contributed by atoms with van der Waals surface area (Å²) < 4.78 is 0. The smallest absolute Gasteiger partial charge is 0.0653 e. The maximum Gasteiger partial charge on any atom is 0.0653 e. The van der Waals surface area contributed by atoms with Crippen molar-refractivity contribution in [3.8, 4) is 0 Å². The minimum atomic E-state index is 0.475. The van der Waals surface area contributed by atoms with Gasteiger partial charge in [-0.15, -0.1) is 0 Å². The summed E-state index contributed by atoms with van der Waals surface area (Å²) in [7, 11) is 0. The van der Waals surface area contributed by atoms with E-state index < -0.39 is 0 Å². The van der Waals surface area contributed by atoms with Crippen LogP contribution in [0.4, 0.5) is 5.69 Å². The van der Waals surface area contributed by atoms with Crippen molar-refractivity contribution in [1.82, 2.24) is 0 Å². The molecule has 0 aliphatic rings. The van der Waals surface area contributed by atoms with Crippen molar-refractivity contribution >= 4 is 40.5 Å². The minimum absolute atomic E-state index is 0.475. The van der Waals surface area contributed by atoms with Crippen molar-refractivity contribution in [3.05, 3.63) is 27.2 Å². The van der Waals surface area contributed by atoms with Gasteiger partial charge in [0.25, 0.3) is 0 Å². The standard InChI is InChI=1S/C8H8Cl3N/c1-2-12-8-4-6(10)5(9)3-7(8)11/h3-4,12H,2H2,1H3. The molecule has 1 aromatic rings. The third-order valence-corrected chi connectivity index (χ3v) is 2.41. The fraction of sp³-hybridized carbons (Fsp3) is 0.250. The Labute approximate surface area is 86.6 Å². The van der Waals surface area contributed by atoms with E-state index in [-0.39, 0.29) is 0 Å². The molecule has 0 fully saturated rings. The summed E-state index contributed by atoms with van der Waals surface area (Å²) in [4.78, 5) is 0. The maximum atomic E-state index is 5.87. The van der Waals surface area contributed by atoms with E-state index in [9.17, 15) is 0 Å². The van der Waals surface area contributed by atoms with Crippen molar-refractivity contribution in [2.45, 2.75) is 6.92 Å². The van der Waals surface area contributed by atoms with E-state index in [0.29, 0.717) is 15.1 Å². The Morgan fingerprint density at radius 1 is 1.08 bits per heavy atom. The van der Waals surface area contributed by atoms with Crippen molar-refractivity contribution in [3.63, 3.8) is 0 Å². The first-order valence-corrected chi connectivity index (χ1v) is 4.67. The van der Waals surface area contributed by atoms with Gasteiger partial charge in [0, 0.05) is 6.54 Å². The van der Waals surface area contributed by atoms with Gasteiger partial charge in [0.05, 0.1) is 20.8 Å². The fourth-order valence-corrected chi connectivity index (χ4v) is 1.46. The molecule has 0 radical (unpaired) electrons.